The molecular formula is C18H18N4O5S. The lowest BCUT2D eigenvalue weighted by Gasteiger charge is -2.14. The minimum Gasteiger partial charge on any atom is -0.449 e. The van der Waals surface area contributed by atoms with Crippen molar-refractivity contribution in [1.29, 1.82) is 0 Å². The van der Waals surface area contributed by atoms with Gasteiger partial charge in [-0.15, -0.1) is 11.8 Å². The predicted molar refractivity (Wildman–Crippen MR) is 99.8 cm³/mol. The molecule has 0 aliphatic heterocycles. The van der Waals surface area contributed by atoms with Gasteiger partial charge in [0.25, 0.3) is 5.91 Å². The van der Waals surface area contributed by atoms with Crippen molar-refractivity contribution in [3.8, 4) is 0 Å². The Hall–Kier alpha value is -3.14. The fourth-order valence-electron chi connectivity index (χ4n) is 2.23. The Morgan fingerprint density at radius 2 is 2.00 bits per heavy atom. The van der Waals surface area contributed by atoms with E-state index in [2.05, 4.69) is 20.6 Å². The third kappa shape index (κ3) is 4.97. The SMILES string of the molecule is Cc1noc(CSc2ccccc2C(=O)O[C@@H](C)C(=O)Nc2cc(C)on2)n1. The van der Waals surface area contributed by atoms with Crippen molar-refractivity contribution in [1.82, 2.24) is 15.3 Å². The maximum Gasteiger partial charge on any atom is 0.340 e. The normalized spacial score (nSPS) is 11.8. The standard InChI is InChI=1S/C18H18N4O5S/c1-10-8-15(22-26-10)20-17(23)11(2)25-18(24)13-6-4-5-7-14(13)28-9-16-19-12(3)21-27-16/h4-8,11H,9H2,1-3H3,(H,20,22,23)/t11-/m0/s1. The highest BCUT2D eigenvalue weighted by atomic mass is 32.2. The quantitative estimate of drug-likeness (QED) is 0.469. The van der Waals surface area contributed by atoms with Crippen LogP contribution in [0.1, 0.15) is 34.8 Å². The molecule has 9 nitrogen and oxygen atoms in total. The number of thioether (sulfide) groups is 1. The fraction of sp³-hybridized carbons (Fsp3) is 0.278. The summed E-state index contributed by atoms with van der Waals surface area (Å²) in [4.78, 5) is 29.6. The van der Waals surface area contributed by atoms with Crippen molar-refractivity contribution < 1.29 is 23.4 Å². The zero-order valence-electron chi connectivity index (χ0n) is 15.5. The van der Waals surface area contributed by atoms with Crippen molar-refractivity contribution >= 4 is 29.5 Å². The zero-order valence-corrected chi connectivity index (χ0v) is 16.3. The molecule has 0 radical (unpaired) electrons. The van der Waals surface area contributed by atoms with Crippen molar-refractivity contribution in [3.05, 3.63) is 53.4 Å². The summed E-state index contributed by atoms with van der Waals surface area (Å²) in [5.74, 6) is 1.12. The van der Waals surface area contributed by atoms with Crippen LogP contribution < -0.4 is 5.32 Å². The summed E-state index contributed by atoms with van der Waals surface area (Å²) in [6, 6.07) is 8.52. The Balaban J connectivity index is 1.62. The van der Waals surface area contributed by atoms with Gasteiger partial charge in [-0.3, -0.25) is 4.79 Å². The maximum absolute atomic E-state index is 12.6. The van der Waals surface area contributed by atoms with E-state index in [1.165, 1.54) is 18.7 Å². The highest BCUT2D eigenvalue weighted by Crippen LogP contribution is 2.26. The summed E-state index contributed by atoms with van der Waals surface area (Å²) < 4.78 is 15.3. The van der Waals surface area contributed by atoms with Crippen LogP contribution in [0.15, 0.2) is 44.3 Å². The van der Waals surface area contributed by atoms with Crippen LogP contribution in [-0.2, 0) is 15.3 Å². The van der Waals surface area contributed by atoms with Crippen LogP contribution in [0.5, 0.6) is 0 Å². The van der Waals surface area contributed by atoms with E-state index in [0.29, 0.717) is 33.7 Å². The number of anilines is 1. The number of hydrogen-bond donors (Lipinski definition) is 1. The summed E-state index contributed by atoms with van der Waals surface area (Å²) in [7, 11) is 0. The monoisotopic (exact) mass is 402 g/mol. The van der Waals surface area contributed by atoms with E-state index in [4.69, 9.17) is 13.8 Å². The summed E-state index contributed by atoms with van der Waals surface area (Å²) in [6.45, 7) is 4.92. The van der Waals surface area contributed by atoms with Crippen LogP contribution in [0.3, 0.4) is 0 Å². The van der Waals surface area contributed by atoms with E-state index < -0.39 is 18.0 Å². The molecular weight excluding hydrogens is 384 g/mol. The Bertz CT molecular complexity index is 984. The van der Waals surface area contributed by atoms with Gasteiger partial charge in [0.2, 0.25) is 5.89 Å². The second-order valence-corrected chi connectivity index (χ2v) is 6.90. The molecule has 0 saturated carbocycles. The van der Waals surface area contributed by atoms with E-state index in [1.807, 2.05) is 0 Å². The van der Waals surface area contributed by atoms with Gasteiger partial charge in [0.15, 0.2) is 17.7 Å². The van der Waals surface area contributed by atoms with Crippen molar-refractivity contribution in [2.24, 2.45) is 0 Å². The maximum atomic E-state index is 12.6. The average Bonchev–Trinajstić information content (AvgIpc) is 3.27. The van der Waals surface area contributed by atoms with Gasteiger partial charge in [0.1, 0.15) is 5.76 Å². The number of nitrogens with zero attached hydrogens (tertiary/aromatic N) is 3. The average molecular weight is 402 g/mol. The third-order valence-electron chi connectivity index (χ3n) is 3.56. The Morgan fingerprint density at radius 1 is 1.21 bits per heavy atom. The zero-order chi connectivity index (χ0) is 20.1. The molecule has 0 fully saturated rings. The number of hydrogen-bond acceptors (Lipinski definition) is 9. The topological polar surface area (TPSA) is 120 Å². The number of benzene rings is 1. The number of nitrogens with one attached hydrogen (secondary N) is 1. The van der Waals surface area contributed by atoms with E-state index in [0.717, 1.165) is 0 Å². The van der Waals surface area contributed by atoms with Gasteiger partial charge in [0.05, 0.1) is 11.3 Å². The number of aromatic nitrogens is 3. The molecule has 1 atom stereocenters. The van der Waals surface area contributed by atoms with Crippen molar-refractivity contribution in [2.45, 2.75) is 37.5 Å². The minimum atomic E-state index is -1.01. The molecule has 1 aromatic carbocycles. The number of carbonyl (C=O) groups excluding carboxylic acids is 2. The molecule has 2 aromatic heterocycles. The molecule has 3 rings (SSSR count). The van der Waals surface area contributed by atoms with Gasteiger partial charge in [-0.2, -0.15) is 4.98 Å². The van der Waals surface area contributed by atoms with Crippen LogP contribution in [0.4, 0.5) is 5.82 Å². The second kappa shape index (κ2) is 8.70. The Kier molecular flexibility index (Phi) is 6.09. The lowest BCUT2D eigenvalue weighted by Crippen LogP contribution is -2.30. The highest BCUT2D eigenvalue weighted by Gasteiger charge is 2.22. The Morgan fingerprint density at radius 3 is 2.68 bits per heavy atom. The molecule has 0 saturated heterocycles. The van der Waals surface area contributed by atoms with Gasteiger partial charge < -0.3 is 19.1 Å². The molecule has 0 spiro atoms. The van der Waals surface area contributed by atoms with Crippen LogP contribution in [0.2, 0.25) is 0 Å². The van der Waals surface area contributed by atoms with Gasteiger partial charge in [-0.25, -0.2) is 4.79 Å². The molecule has 0 aliphatic carbocycles. The van der Waals surface area contributed by atoms with Crippen LogP contribution in [-0.4, -0.2) is 33.3 Å². The number of carbonyl (C=O) groups is 2. The molecule has 28 heavy (non-hydrogen) atoms. The number of esters is 1. The summed E-state index contributed by atoms with van der Waals surface area (Å²) in [5, 5.41) is 9.94. The molecule has 3 aromatic rings. The summed E-state index contributed by atoms with van der Waals surface area (Å²) in [6.07, 6.45) is -1.01. The smallest absolute Gasteiger partial charge is 0.340 e. The molecule has 10 heteroatoms. The third-order valence-corrected chi connectivity index (χ3v) is 4.62. The first-order chi connectivity index (χ1) is 13.4. The molecule has 0 aliphatic rings. The van der Waals surface area contributed by atoms with Gasteiger partial charge >= 0.3 is 5.97 Å². The number of amides is 1. The van der Waals surface area contributed by atoms with Crippen LogP contribution in [0, 0.1) is 13.8 Å². The molecule has 0 bridgehead atoms. The van der Waals surface area contributed by atoms with Crippen molar-refractivity contribution in [3.63, 3.8) is 0 Å². The molecule has 0 unspecified atom stereocenters. The van der Waals surface area contributed by atoms with Crippen LogP contribution in [0.25, 0.3) is 0 Å². The van der Waals surface area contributed by atoms with E-state index in [-0.39, 0.29) is 5.82 Å². The van der Waals surface area contributed by atoms with Gasteiger partial charge in [0, 0.05) is 11.0 Å². The lowest BCUT2D eigenvalue weighted by atomic mass is 10.2. The number of ether oxygens (including phenoxy) is 1. The molecule has 1 amide bonds. The predicted octanol–water partition coefficient (Wildman–Crippen LogP) is 3.15. The first-order valence-electron chi connectivity index (χ1n) is 8.38. The fourth-order valence-corrected chi connectivity index (χ4v) is 3.11. The molecule has 2 heterocycles. The second-order valence-electron chi connectivity index (χ2n) is 5.88. The highest BCUT2D eigenvalue weighted by molar-refractivity contribution is 7.98. The lowest BCUT2D eigenvalue weighted by molar-refractivity contribution is -0.123. The first kappa shape index (κ1) is 19.6. The first-order valence-corrected chi connectivity index (χ1v) is 9.37. The molecule has 1 N–H and O–H groups in total. The molecule has 146 valence electrons. The van der Waals surface area contributed by atoms with E-state index >= 15 is 0 Å². The Labute approximate surface area is 164 Å². The van der Waals surface area contributed by atoms with Gasteiger partial charge in [-0.1, -0.05) is 22.4 Å². The summed E-state index contributed by atoms with van der Waals surface area (Å²) in [5.41, 5.74) is 0.348. The largest absolute Gasteiger partial charge is 0.449 e. The van der Waals surface area contributed by atoms with Crippen LogP contribution >= 0.6 is 11.8 Å². The number of rotatable bonds is 7. The van der Waals surface area contributed by atoms with Gasteiger partial charge in [-0.05, 0) is 32.9 Å². The summed E-state index contributed by atoms with van der Waals surface area (Å²) >= 11 is 1.36. The van der Waals surface area contributed by atoms with Crippen molar-refractivity contribution in [2.75, 3.05) is 5.32 Å². The van der Waals surface area contributed by atoms with E-state index in [9.17, 15) is 9.59 Å². The minimum absolute atomic E-state index is 0.260. The van der Waals surface area contributed by atoms with E-state index in [1.54, 1.807) is 44.2 Å². The number of aryl methyl sites for hydroxylation is 2.